The molecule has 174 valence electrons. The Kier molecular flexibility index (Phi) is 6.69. The smallest absolute Gasteiger partial charge is 0.238 e. The number of sulfonamides is 1. The van der Waals surface area contributed by atoms with E-state index in [0.29, 0.717) is 16.8 Å². The number of nitrogen functional groups attached to an aromatic ring is 1. The molecule has 0 atom stereocenters. The number of halogens is 1. The number of anilines is 1. The van der Waals surface area contributed by atoms with Crippen LogP contribution in [0.15, 0.2) is 84.0 Å². The van der Waals surface area contributed by atoms with Crippen LogP contribution in [0, 0.1) is 5.82 Å². The van der Waals surface area contributed by atoms with Crippen LogP contribution in [0.1, 0.15) is 11.1 Å². The van der Waals surface area contributed by atoms with Gasteiger partial charge in [-0.3, -0.25) is 4.98 Å². The minimum Gasteiger partial charge on any atom is -0.392 e. The molecule has 5 N–H and O–H groups in total. The van der Waals surface area contributed by atoms with E-state index < -0.39 is 15.8 Å². The molecule has 3 aromatic carbocycles. The molecule has 9 heteroatoms. The summed E-state index contributed by atoms with van der Waals surface area (Å²) >= 11 is 0. The summed E-state index contributed by atoms with van der Waals surface area (Å²) in [5.41, 5.74) is 9.38. The van der Waals surface area contributed by atoms with Crippen LogP contribution >= 0.6 is 0 Å². The van der Waals surface area contributed by atoms with Crippen LogP contribution < -0.4 is 10.9 Å². The molecule has 0 saturated carbocycles. The summed E-state index contributed by atoms with van der Waals surface area (Å²) in [7, 11) is -3.92. The van der Waals surface area contributed by atoms with E-state index >= 15 is 0 Å². The fraction of sp³-hybridized carbons (Fsp3) is 0.120. The van der Waals surface area contributed by atoms with Gasteiger partial charge in [0.15, 0.2) is 0 Å². The Morgan fingerprint density at radius 3 is 2.12 bits per heavy atom. The molecule has 0 unspecified atom stereocenters. The van der Waals surface area contributed by atoms with E-state index in [1.807, 2.05) is 12.1 Å². The van der Waals surface area contributed by atoms with Gasteiger partial charge in [0.2, 0.25) is 10.0 Å². The SMILES string of the molecule is Nc1cnc(-c2ccc(-c3ccccc3S(N)(=O)=O)cc2F)cn1.OC1Cc2ccccc2C1. The van der Waals surface area contributed by atoms with E-state index in [9.17, 15) is 17.9 Å². The molecule has 34 heavy (non-hydrogen) atoms. The van der Waals surface area contributed by atoms with Gasteiger partial charge in [-0.05, 0) is 47.7 Å². The molecular formula is C25H23FN4O3S. The monoisotopic (exact) mass is 478 g/mol. The van der Waals surface area contributed by atoms with Gasteiger partial charge in [0.25, 0.3) is 0 Å². The number of hydrogen-bond donors (Lipinski definition) is 3. The van der Waals surface area contributed by atoms with Crippen molar-refractivity contribution in [3.05, 3.63) is 96.1 Å². The molecule has 0 fully saturated rings. The molecule has 1 heterocycles. The highest BCUT2D eigenvalue weighted by molar-refractivity contribution is 7.89. The van der Waals surface area contributed by atoms with Crippen LogP contribution in [0.3, 0.4) is 0 Å². The number of benzene rings is 3. The van der Waals surface area contributed by atoms with Gasteiger partial charge in [-0.1, -0.05) is 48.5 Å². The van der Waals surface area contributed by atoms with Crippen LogP contribution in [0.2, 0.25) is 0 Å². The zero-order valence-corrected chi connectivity index (χ0v) is 18.9. The van der Waals surface area contributed by atoms with Gasteiger partial charge in [-0.25, -0.2) is 22.9 Å². The maximum atomic E-state index is 14.5. The second-order valence-electron chi connectivity index (χ2n) is 7.89. The van der Waals surface area contributed by atoms with Crippen molar-refractivity contribution < 1.29 is 17.9 Å². The molecule has 0 aliphatic heterocycles. The molecule has 0 radical (unpaired) electrons. The number of fused-ring (bicyclic) bond motifs is 1. The van der Waals surface area contributed by atoms with Crippen LogP contribution in [-0.4, -0.2) is 29.6 Å². The molecule has 1 aliphatic carbocycles. The Morgan fingerprint density at radius 1 is 0.882 bits per heavy atom. The summed E-state index contributed by atoms with van der Waals surface area (Å²) in [5, 5.41) is 14.5. The van der Waals surface area contributed by atoms with Crippen LogP contribution in [0.4, 0.5) is 10.2 Å². The van der Waals surface area contributed by atoms with Gasteiger partial charge >= 0.3 is 0 Å². The van der Waals surface area contributed by atoms with Gasteiger partial charge in [0, 0.05) is 11.1 Å². The summed E-state index contributed by atoms with van der Waals surface area (Å²) in [5.74, 6) is -0.325. The van der Waals surface area contributed by atoms with E-state index in [-0.39, 0.29) is 22.4 Å². The largest absolute Gasteiger partial charge is 0.392 e. The molecule has 0 bridgehead atoms. The predicted octanol–water partition coefficient (Wildman–Crippen LogP) is 3.33. The highest BCUT2D eigenvalue weighted by Crippen LogP contribution is 2.30. The zero-order chi connectivity index (χ0) is 24.3. The number of aromatic nitrogens is 2. The highest BCUT2D eigenvalue weighted by atomic mass is 32.2. The quantitative estimate of drug-likeness (QED) is 0.414. The van der Waals surface area contributed by atoms with Crippen molar-refractivity contribution in [1.82, 2.24) is 9.97 Å². The van der Waals surface area contributed by atoms with E-state index in [2.05, 4.69) is 22.1 Å². The molecule has 1 aliphatic rings. The summed E-state index contributed by atoms with van der Waals surface area (Å²) in [6.07, 6.45) is 4.26. The minimum atomic E-state index is -3.92. The second-order valence-corrected chi connectivity index (χ2v) is 9.42. The van der Waals surface area contributed by atoms with Gasteiger partial charge in [0.05, 0.1) is 29.1 Å². The highest BCUT2D eigenvalue weighted by Gasteiger charge is 2.18. The number of hydrogen-bond acceptors (Lipinski definition) is 6. The molecule has 0 saturated heterocycles. The number of aliphatic hydroxyl groups excluding tert-OH is 1. The number of rotatable bonds is 3. The lowest BCUT2D eigenvalue weighted by molar-refractivity contribution is 0.187. The van der Waals surface area contributed by atoms with Crippen molar-refractivity contribution >= 4 is 15.8 Å². The van der Waals surface area contributed by atoms with E-state index in [4.69, 9.17) is 10.9 Å². The third-order valence-corrected chi connectivity index (χ3v) is 6.42. The third-order valence-electron chi connectivity index (χ3n) is 5.45. The predicted molar refractivity (Wildman–Crippen MR) is 129 cm³/mol. The Morgan fingerprint density at radius 2 is 1.53 bits per heavy atom. The molecule has 7 nitrogen and oxygen atoms in total. The summed E-state index contributed by atoms with van der Waals surface area (Å²) in [4.78, 5) is 7.84. The maximum absolute atomic E-state index is 14.5. The van der Waals surface area contributed by atoms with Crippen molar-refractivity contribution in [2.45, 2.75) is 23.8 Å². The molecule has 4 aromatic rings. The summed E-state index contributed by atoms with van der Waals surface area (Å²) in [6.45, 7) is 0. The van der Waals surface area contributed by atoms with Crippen molar-refractivity contribution in [2.75, 3.05) is 5.73 Å². The van der Waals surface area contributed by atoms with Crippen molar-refractivity contribution in [2.24, 2.45) is 5.14 Å². The average Bonchev–Trinajstić information content (AvgIpc) is 3.20. The van der Waals surface area contributed by atoms with Gasteiger partial charge in [0.1, 0.15) is 11.6 Å². The maximum Gasteiger partial charge on any atom is 0.238 e. The van der Waals surface area contributed by atoms with Gasteiger partial charge < -0.3 is 10.8 Å². The zero-order valence-electron chi connectivity index (χ0n) is 18.1. The average molecular weight is 479 g/mol. The van der Waals surface area contributed by atoms with E-state index in [0.717, 1.165) is 12.8 Å². The van der Waals surface area contributed by atoms with Crippen molar-refractivity contribution in [3.8, 4) is 22.4 Å². The number of primary sulfonamides is 1. The summed E-state index contributed by atoms with van der Waals surface area (Å²) in [6, 6.07) is 18.7. The first-order valence-electron chi connectivity index (χ1n) is 10.5. The molecule has 0 spiro atoms. The van der Waals surface area contributed by atoms with Crippen LogP contribution in [-0.2, 0) is 22.9 Å². The number of nitrogens with two attached hydrogens (primary N) is 2. The lowest BCUT2D eigenvalue weighted by Crippen LogP contribution is -2.13. The third kappa shape index (κ3) is 5.28. The van der Waals surface area contributed by atoms with Gasteiger partial charge in [-0.2, -0.15) is 0 Å². The topological polar surface area (TPSA) is 132 Å². The van der Waals surface area contributed by atoms with Crippen LogP contribution in [0.25, 0.3) is 22.4 Å². The van der Waals surface area contributed by atoms with E-state index in [1.54, 1.807) is 24.3 Å². The van der Waals surface area contributed by atoms with Crippen molar-refractivity contribution in [3.63, 3.8) is 0 Å². The summed E-state index contributed by atoms with van der Waals surface area (Å²) < 4.78 is 37.8. The normalized spacial score (nSPS) is 13.1. The molecule has 0 amide bonds. The first kappa shape index (κ1) is 23.5. The Hall–Kier alpha value is -3.66. The second kappa shape index (κ2) is 9.68. The first-order valence-corrected chi connectivity index (χ1v) is 12.0. The minimum absolute atomic E-state index is 0.0653. The standard InChI is InChI=1S/C16H13FN4O2S.C9H10O/c17-13-7-10(11-3-1-2-4-15(11)24(19,22)23)5-6-12(13)14-8-21-16(18)9-20-14;10-9-5-7-3-1-2-4-8(7)6-9/h1-9H,(H2,18,21)(H2,19,22,23);1-4,9-10H,5-6H2. The lowest BCUT2D eigenvalue weighted by Gasteiger charge is -2.09. The lowest BCUT2D eigenvalue weighted by atomic mass is 10.0. The Bertz CT molecular complexity index is 1400. The van der Waals surface area contributed by atoms with Crippen LogP contribution in [0.5, 0.6) is 0 Å². The fourth-order valence-corrected chi connectivity index (χ4v) is 4.62. The van der Waals surface area contributed by atoms with Gasteiger partial charge in [-0.15, -0.1) is 0 Å². The fourth-order valence-electron chi connectivity index (χ4n) is 3.86. The van der Waals surface area contributed by atoms with Crippen molar-refractivity contribution in [1.29, 1.82) is 0 Å². The molecular weight excluding hydrogens is 455 g/mol. The Labute approximate surface area is 197 Å². The van der Waals surface area contributed by atoms with E-state index in [1.165, 1.54) is 41.7 Å². The Balaban J connectivity index is 0.000000226. The molecule has 5 rings (SSSR count). The first-order chi connectivity index (χ1) is 16.2. The molecule has 1 aromatic heterocycles. The number of aliphatic hydroxyl groups is 1. The number of nitrogens with zero attached hydrogens (tertiary/aromatic N) is 2.